The van der Waals surface area contributed by atoms with E-state index in [1.54, 1.807) is 32.7 Å². The predicted molar refractivity (Wildman–Crippen MR) is 124 cm³/mol. The monoisotopic (exact) mass is 439 g/mol. The molecule has 0 aliphatic heterocycles. The average Bonchev–Trinajstić information content (AvgIpc) is 3.33. The molecule has 0 fully saturated rings. The lowest BCUT2D eigenvalue weighted by atomic mass is 10.1. The fraction of sp³-hybridized carbons (Fsp3) is 0.320. The van der Waals surface area contributed by atoms with Crippen LogP contribution in [0.2, 0.25) is 0 Å². The van der Waals surface area contributed by atoms with Gasteiger partial charge < -0.3 is 19.1 Å². The smallest absolute Gasteiger partial charge is 0.223 e. The molecule has 1 heterocycles. The van der Waals surface area contributed by atoms with Crippen molar-refractivity contribution in [3.8, 4) is 17.2 Å². The van der Waals surface area contributed by atoms with Gasteiger partial charge in [-0.25, -0.2) is 0 Å². The Bertz CT molecular complexity index is 932. The van der Waals surface area contributed by atoms with Crippen LogP contribution >= 0.6 is 11.3 Å². The molecule has 0 saturated heterocycles. The number of hydrogen-bond donors (Lipinski definition) is 0. The molecule has 0 atom stereocenters. The van der Waals surface area contributed by atoms with Crippen LogP contribution in [0.3, 0.4) is 0 Å². The van der Waals surface area contributed by atoms with Crippen molar-refractivity contribution in [2.45, 2.75) is 25.8 Å². The summed E-state index contributed by atoms with van der Waals surface area (Å²) in [6.07, 6.45) is 1.85. The number of thiophene rings is 1. The van der Waals surface area contributed by atoms with Gasteiger partial charge in [0, 0.05) is 17.8 Å². The maximum Gasteiger partial charge on any atom is 0.223 e. The average molecular weight is 440 g/mol. The molecule has 0 saturated carbocycles. The molecule has 0 aliphatic carbocycles. The van der Waals surface area contributed by atoms with Crippen LogP contribution in [0, 0.1) is 0 Å². The summed E-state index contributed by atoms with van der Waals surface area (Å²) in [5.74, 6) is 1.90. The number of aryl methyl sites for hydroxylation is 1. The second-order valence-corrected chi connectivity index (χ2v) is 8.20. The molecule has 6 heteroatoms. The summed E-state index contributed by atoms with van der Waals surface area (Å²) >= 11 is 1.68. The number of rotatable bonds is 11. The zero-order valence-corrected chi connectivity index (χ0v) is 19.1. The van der Waals surface area contributed by atoms with Crippen LogP contribution in [0.1, 0.15) is 22.4 Å². The highest BCUT2D eigenvalue weighted by atomic mass is 32.1. The van der Waals surface area contributed by atoms with Crippen molar-refractivity contribution in [1.29, 1.82) is 0 Å². The van der Waals surface area contributed by atoms with Crippen molar-refractivity contribution in [2.75, 3.05) is 27.9 Å². The van der Waals surface area contributed by atoms with E-state index in [4.69, 9.17) is 14.2 Å². The van der Waals surface area contributed by atoms with Gasteiger partial charge in [-0.3, -0.25) is 4.79 Å². The van der Waals surface area contributed by atoms with Crippen molar-refractivity contribution in [1.82, 2.24) is 4.90 Å². The summed E-state index contributed by atoms with van der Waals surface area (Å²) in [6, 6.07) is 18.2. The molecule has 2 aromatic carbocycles. The third-order valence-electron chi connectivity index (χ3n) is 5.14. The quantitative estimate of drug-likeness (QED) is 0.423. The molecular weight excluding hydrogens is 410 g/mol. The Morgan fingerprint density at radius 2 is 1.58 bits per heavy atom. The lowest BCUT2D eigenvalue weighted by Crippen LogP contribution is -2.32. The highest BCUT2D eigenvalue weighted by molar-refractivity contribution is 7.09. The van der Waals surface area contributed by atoms with E-state index in [1.165, 1.54) is 10.4 Å². The Morgan fingerprint density at radius 3 is 2.16 bits per heavy atom. The van der Waals surface area contributed by atoms with Crippen molar-refractivity contribution in [2.24, 2.45) is 0 Å². The van der Waals surface area contributed by atoms with Gasteiger partial charge in [0.2, 0.25) is 11.7 Å². The summed E-state index contributed by atoms with van der Waals surface area (Å²) in [5, 5.41) is 2.05. The minimum Gasteiger partial charge on any atom is -0.493 e. The number of benzene rings is 2. The zero-order valence-electron chi connectivity index (χ0n) is 18.3. The molecule has 0 spiro atoms. The minimum atomic E-state index is 0.137. The normalized spacial score (nSPS) is 10.5. The van der Waals surface area contributed by atoms with Gasteiger partial charge in [0.1, 0.15) is 0 Å². The van der Waals surface area contributed by atoms with Crippen LogP contribution in [-0.2, 0) is 24.2 Å². The highest BCUT2D eigenvalue weighted by Crippen LogP contribution is 2.38. The van der Waals surface area contributed by atoms with Crippen molar-refractivity contribution in [3.05, 3.63) is 76.0 Å². The first-order chi connectivity index (χ1) is 15.1. The fourth-order valence-electron chi connectivity index (χ4n) is 3.48. The topological polar surface area (TPSA) is 48.0 Å². The van der Waals surface area contributed by atoms with Crippen molar-refractivity contribution < 1.29 is 19.0 Å². The molecule has 0 N–H and O–H groups in total. The number of carbonyl (C=O) groups excluding carboxylic acids is 1. The van der Waals surface area contributed by atoms with E-state index < -0.39 is 0 Å². The van der Waals surface area contributed by atoms with Crippen LogP contribution < -0.4 is 14.2 Å². The van der Waals surface area contributed by atoms with Gasteiger partial charge >= 0.3 is 0 Å². The van der Waals surface area contributed by atoms with Gasteiger partial charge in [-0.05, 0) is 47.5 Å². The lowest BCUT2D eigenvalue weighted by Gasteiger charge is -2.22. The maximum absolute atomic E-state index is 13.1. The Labute approximate surface area is 188 Å². The third kappa shape index (κ3) is 6.25. The first kappa shape index (κ1) is 22.7. The Hall–Kier alpha value is -2.99. The van der Waals surface area contributed by atoms with Crippen LogP contribution in [-0.4, -0.2) is 38.7 Å². The molecule has 31 heavy (non-hydrogen) atoms. The fourth-order valence-corrected chi connectivity index (χ4v) is 4.20. The molecule has 3 rings (SSSR count). The predicted octanol–water partition coefficient (Wildman–Crippen LogP) is 4.98. The summed E-state index contributed by atoms with van der Waals surface area (Å²) in [6.45, 7) is 1.33. The number of carbonyl (C=O) groups is 1. The molecule has 1 amide bonds. The standard InChI is InChI=1S/C25H29NO4S/c1-28-22-16-20(17-23(29-2)25(22)30-3)11-12-24(27)26(18-21-10-7-15-31-21)14-13-19-8-5-4-6-9-19/h4-10,15-17H,11-14,18H2,1-3H3. The van der Waals surface area contributed by atoms with E-state index in [0.717, 1.165) is 12.0 Å². The molecule has 0 bridgehead atoms. The summed E-state index contributed by atoms with van der Waals surface area (Å²) in [5.41, 5.74) is 2.21. The second kappa shape index (κ2) is 11.4. The van der Waals surface area contributed by atoms with E-state index in [2.05, 4.69) is 18.2 Å². The first-order valence-corrected chi connectivity index (χ1v) is 11.2. The van der Waals surface area contributed by atoms with E-state index in [1.807, 2.05) is 46.7 Å². The Balaban J connectivity index is 1.69. The van der Waals surface area contributed by atoms with Crippen molar-refractivity contribution in [3.63, 3.8) is 0 Å². The highest BCUT2D eigenvalue weighted by Gasteiger charge is 2.17. The van der Waals surface area contributed by atoms with E-state index in [-0.39, 0.29) is 5.91 Å². The first-order valence-electron chi connectivity index (χ1n) is 10.3. The maximum atomic E-state index is 13.1. The number of hydrogen-bond acceptors (Lipinski definition) is 5. The van der Waals surface area contributed by atoms with E-state index in [0.29, 0.717) is 43.2 Å². The zero-order chi connectivity index (χ0) is 22.1. The molecule has 0 unspecified atom stereocenters. The van der Waals surface area contributed by atoms with Crippen LogP contribution in [0.5, 0.6) is 17.2 Å². The molecular formula is C25H29NO4S. The number of ether oxygens (including phenoxy) is 3. The molecule has 0 aliphatic rings. The van der Waals surface area contributed by atoms with Crippen LogP contribution in [0.25, 0.3) is 0 Å². The SMILES string of the molecule is COc1cc(CCC(=O)N(CCc2ccccc2)Cc2cccs2)cc(OC)c1OC. The summed E-state index contributed by atoms with van der Waals surface area (Å²) in [4.78, 5) is 16.3. The van der Waals surface area contributed by atoms with Gasteiger partial charge in [-0.2, -0.15) is 0 Å². The number of amides is 1. The third-order valence-corrected chi connectivity index (χ3v) is 6.01. The molecule has 3 aromatic rings. The second-order valence-electron chi connectivity index (χ2n) is 7.16. The van der Waals surface area contributed by atoms with Gasteiger partial charge in [0.05, 0.1) is 27.9 Å². The summed E-state index contributed by atoms with van der Waals surface area (Å²) in [7, 11) is 4.77. The molecule has 0 radical (unpaired) electrons. The van der Waals surface area contributed by atoms with Crippen molar-refractivity contribution >= 4 is 17.2 Å². The van der Waals surface area contributed by atoms with E-state index >= 15 is 0 Å². The van der Waals surface area contributed by atoms with Gasteiger partial charge in [-0.15, -0.1) is 11.3 Å². The largest absolute Gasteiger partial charge is 0.493 e. The van der Waals surface area contributed by atoms with Gasteiger partial charge in [-0.1, -0.05) is 36.4 Å². The molecule has 1 aromatic heterocycles. The lowest BCUT2D eigenvalue weighted by molar-refractivity contribution is -0.131. The van der Waals surface area contributed by atoms with Gasteiger partial charge in [0.25, 0.3) is 0 Å². The van der Waals surface area contributed by atoms with Gasteiger partial charge in [0.15, 0.2) is 11.5 Å². The Kier molecular flexibility index (Phi) is 8.35. The molecule has 164 valence electrons. The van der Waals surface area contributed by atoms with E-state index in [9.17, 15) is 4.79 Å². The Morgan fingerprint density at radius 1 is 0.871 bits per heavy atom. The minimum absolute atomic E-state index is 0.137. The molecule has 5 nitrogen and oxygen atoms in total. The number of methoxy groups -OCH3 is 3. The number of nitrogens with zero attached hydrogens (tertiary/aromatic N) is 1. The van der Waals surface area contributed by atoms with Crippen LogP contribution in [0.4, 0.5) is 0 Å². The van der Waals surface area contributed by atoms with Crippen LogP contribution in [0.15, 0.2) is 60.0 Å². The summed E-state index contributed by atoms with van der Waals surface area (Å²) < 4.78 is 16.3.